The minimum Gasteiger partial charge on any atom is -0.493 e. The minimum absolute atomic E-state index is 0.0192. The molecular formula is C28H34F7NO3S. The van der Waals surface area contributed by atoms with Gasteiger partial charge in [-0.3, -0.25) is 0 Å². The summed E-state index contributed by atoms with van der Waals surface area (Å²) in [4.78, 5) is 1.98. The second kappa shape index (κ2) is 10.2. The molecule has 2 atom stereocenters. The van der Waals surface area contributed by atoms with Gasteiger partial charge in [-0.05, 0) is 52.0 Å². The molecule has 2 unspecified atom stereocenters. The molecule has 12 heteroatoms. The zero-order valence-corrected chi connectivity index (χ0v) is 23.5. The molecule has 3 aliphatic rings. The van der Waals surface area contributed by atoms with Crippen molar-refractivity contribution in [2.75, 3.05) is 19.7 Å². The number of sulfone groups is 1. The Morgan fingerprint density at radius 2 is 1.60 bits per heavy atom. The van der Waals surface area contributed by atoms with Crippen LogP contribution < -0.4 is 4.74 Å². The summed E-state index contributed by atoms with van der Waals surface area (Å²) in [5, 5.41) is 0. The number of ether oxygens (including phenoxy) is 1. The van der Waals surface area contributed by atoms with Crippen LogP contribution in [0.15, 0.2) is 41.0 Å². The topological polar surface area (TPSA) is 46.6 Å². The van der Waals surface area contributed by atoms with E-state index in [9.17, 15) is 39.2 Å². The number of nitrogens with zero attached hydrogens (tertiary/aromatic N) is 1. The lowest BCUT2D eigenvalue weighted by Gasteiger charge is -2.52. The molecular weight excluding hydrogens is 563 g/mol. The molecule has 0 spiro atoms. The van der Waals surface area contributed by atoms with Crippen LogP contribution >= 0.6 is 0 Å². The molecule has 1 aromatic carbocycles. The number of halogens is 7. The summed E-state index contributed by atoms with van der Waals surface area (Å²) in [6.07, 6.45) is -7.21. The third-order valence-corrected chi connectivity index (χ3v) is 11.3. The zero-order chi connectivity index (χ0) is 29.9. The van der Waals surface area contributed by atoms with Crippen molar-refractivity contribution in [3.05, 3.63) is 52.1 Å². The van der Waals surface area contributed by atoms with Crippen LogP contribution in [0.3, 0.4) is 0 Å². The number of allylic oxidation sites excluding steroid dienone is 3. The van der Waals surface area contributed by atoms with E-state index in [0.717, 1.165) is 49.4 Å². The molecule has 0 N–H and O–H groups in total. The first kappa shape index (κ1) is 30.7. The first-order chi connectivity index (χ1) is 18.4. The largest absolute Gasteiger partial charge is 0.493 e. The number of rotatable bonds is 5. The van der Waals surface area contributed by atoms with E-state index in [1.165, 1.54) is 6.92 Å². The van der Waals surface area contributed by atoms with Crippen molar-refractivity contribution < 1.29 is 43.9 Å². The van der Waals surface area contributed by atoms with Crippen LogP contribution in [0, 0.1) is 11.8 Å². The Morgan fingerprint density at radius 3 is 2.12 bits per heavy atom. The molecule has 1 saturated carbocycles. The molecule has 4 rings (SSSR count). The SMILES string of the molecule is C=C(C)S(=O)(=O)C12CCN(C(=C(C)C)C3CCCCC3)CC1COc1cc(C(F)(C(F)(F)F)C(F)(F)F)ccc12. The lowest BCUT2D eigenvalue weighted by molar-refractivity contribution is -0.348. The Bertz CT molecular complexity index is 1280. The van der Waals surface area contributed by atoms with Crippen LogP contribution in [0.2, 0.25) is 0 Å². The van der Waals surface area contributed by atoms with Crippen molar-refractivity contribution in [1.29, 1.82) is 0 Å². The summed E-state index contributed by atoms with van der Waals surface area (Å²) in [7, 11) is -4.19. The fourth-order valence-corrected chi connectivity index (χ4v) is 8.84. The third-order valence-electron chi connectivity index (χ3n) is 8.69. The zero-order valence-electron chi connectivity index (χ0n) is 22.7. The molecule has 1 aromatic rings. The molecule has 0 amide bonds. The Balaban J connectivity index is 1.82. The second-order valence-corrected chi connectivity index (χ2v) is 13.8. The molecule has 2 heterocycles. The van der Waals surface area contributed by atoms with Crippen molar-refractivity contribution in [2.24, 2.45) is 11.8 Å². The maximum atomic E-state index is 14.8. The molecule has 0 radical (unpaired) electrons. The van der Waals surface area contributed by atoms with Gasteiger partial charge in [0.15, 0.2) is 9.84 Å². The normalized spacial score (nSPS) is 24.6. The van der Waals surface area contributed by atoms with Gasteiger partial charge < -0.3 is 9.64 Å². The molecule has 0 bridgehead atoms. The molecule has 224 valence electrons. The molecule has 2 aliphatic heterocycles. The van der Waals surface area contributed by atoms with Crippen LogP contribution in [-0.4, -0.2) is 45.4 Å². The monoisotopic (exact) mass is 597 g/mol. The Morgan fingerprint density at radius 1 is 1.00 bits per heavy atom. The van der Waals surface area contributed by atoms with Crippen LogP contribution in [0.1, 0.15) is 70.4 Å². The van der Waals surface area contributed by atoms with Gasteiger partial charge in [0.05, 0.1) is 6.61 Å². The van der Waals surface area contributed by atoms with E-state index in [1.54, 1.807) is 0 Å². The Kier molecular flexibility index (Phi) is 7.86. The number of benzene rings is 1. The second-order valence-electron chi connectivity index (χ2n) is 11.4. The van der Waals surface area contributed by atoms with Gasteiger partial charge in [-0.25, -0.2) is 12.8 Å². The summed E-state index contributed by atoms with van der Waals surface area (Å²) >= 11 is 0. The van der Waals surface area contributed by atoms with Gasteiger partial charge in [0, 0.05) is 40.7 Å². The number of alkyl halides is 7. The first-order valence-electron chi connectivity index (χ1n) is 13.3. The van der Waals surface area contributed by atoms with Crippen LogP contribution in [0.5, 0.6) is 5.75 Å². The Hall–Kier alpha value is -2.24. The maximum Gasteiger partial charge on any atom is 0.435 e. The number of fused-ring (bicyclic) bond motifs is 3. The lowest BCUT2D eigenvalue weighted by Crippen LogP contribution is -2.58. The van der Waals surface area contributed by atoms with E-state index in [1.807, 2.05) is 13.8 Å². The highest BCUT2D eigenvalue weighted by Crippen LogP contribution is 2.57. The highest BCUT2D eigenvalue weighted by Gasteiger charge is 2.74. The molecule has 2 fully saturated rings. The standard InChI is InChI=1S/C28H34F7NO3S/c1-17(2)24(19-8-6-5-7-9-19)36-13-12-25(40(37,38)18(3)4)21(15-36)16-39-23-14-20(10-11-22(23)25)26(29,27(30,31)32)28(33,34)35/h10-11,14,19,21H,3,5-9,12-13,15-16H2,1-2,4H3. The van der Waals surface area contributed by atoms with E-state index < -0.39 is 49.8 Å². The first-order valence-corrected chi connectivity index (χ1v) is 14.8. The summed E-state index contributed by atoms with van der Waals surface area (Å²) in [6.45, 7) is 9.24. The summed E-state index contributed by atoms with van der Waals surface area (Å²) in [5.74, 6) is -0.873. The average Bonchev–Trinajstić information content (AvgIpc) is 2.86. The van der Waals surface area contributed by atoms with Crippen LogP contribution in [-0.2, 0) is 20.3 Å². The molecule has 40 heavy (non-hydrogen) atoms. The van der Waals surface area contributed by atoms with Crippen molar-refractivity contribution in [3.63, 3.8) is 0 Å². The summed E-state index contributed by atoms with van der Waals surface area (Å²) < 4.78 is 127. The van der Waals surface area contributed by atoms with Gasteiger partial charge in [-0.1, -0.05) is 43.5 Å². The molecule has 4 nitrogen and oxygen atoms in total. The van der Waals surface area contributed by atoms with Gasteiger partial charge in [0.2, 0.25) is 0 Å². The van der Waals surface area contributed by atoms with E-state index in [0.29, 0.717) is 24.6 Å². The average molecular weight is 598 g/mol. The van der Waals surface area contributed by atoms with Crippen molar-refractivity contribution >= 4 is 9.84 Å². The van der Waals surface area contributed by atoms with E-state index in [2.05, 4.69) is 11.5 Å². The number of piperidine rings is 1. The van der Waals surface area contributed by atoms with Gasteiger partial charge in [0.1, 0.15) is 10.5 Å². The van der Waals surface area contributed by atoms with E-state index in [4.69, 9.17) is 4.74 Å². The maximum absolute atomic E-state index is 14.8. The predicted molar refractivity (Wildman–Crippen MR) is 137 cm³/mol. The van der Waals surface area contributed by atoms with Crippen LogP contribution in [0.4, 0.5) is 30.7 Å². The van der Waals surface area contributed by atoms with Gasteiger partial charge in [-0.2, -0.15) is 26.3 Å². The quantitative estimate of drug-likeness (QED) is 0.326. The molecule has 1 saturated heterocycles. The lowest BCUT2D eigenvalue weighted by atomic mass is 9.75. The van der Waals surface area contributed by atoms with Crippen LogP contribution in [0.25, 0.3) is 0 Å². The van der Waals surface area contributed by atoms with Gasteiger partial charge in [-0.15, -0.1) is 0 Å². The van der Waals surface area contributed by atoms with Gasteiger partial charge in [0.25, 0.3) is 0 Å². The van der Waals surface area contributed by atoms with Crippen molar-refractivity contribution in [1.82, 2.24) is 4.90 Å². The van der Waals surface area contributed by atoms with E-state index in [-0.39, 0.29) is 30.0 Å². The molecule has 0 aromatic heterocycles. The fraction of sp³-hybridized carbons (Fsp3) is 0.643. The highest BCUT2D eigenvalue weighted by atomic mass is 32.2. The van der Waals surface area contributed by atoms with Crippen molar-refractivity contribution in [3.8, 4) is 5.75 Å². The highest BCUT2D eigenvalue weighted by molar-refractivity contribution is 7.96. The smallest absolute Gasteiger partial charge is 0.435 e. The predicted octanol–water partition coefficient (Wildman–Crippen LogP) is 7.71. The summed E-state index contributed by atoms with van der Waals surface area (Å²) in [6, 6.07) is 1.57. The van der Waals surface area contributed by atoms with Gasteiger partial charge >= 0.3 is 18.0 Å². The third kappa shape index (κ3) is 4.61. The Labute approximate surface area is 230 Å². The number of likely N-dealkylation sites (tertiary alicyclic amines) is 1. The fourth-order valence-electron chi connectivity index (χ4n) is 6.82. The van der Waals surface area contributed by atoms with E-state index >= 15 is 0 Å². The summed E-state index contributed by atoms with van der Waals surface area (Å²) in [5.41, 5.74) is -5.17. The molecule has 1 aliphatic carbocycles. The number of hydrogen-bond donors (Lipinski definition) is 0. The minimum atomic E-state index is -6.30. The number of hydrogen-bond acceptors (Lipinski definition) is 4. The van der Waals surface area contributed by atoms with Crippen molar-refractivity contribution in [2.45, 2.75) is 82.1 Å².